The van der Waals surface area contributed by atoms with Gasteiger partial charge < -0.3 is 14.8 Å². The first kappa shape index (κ1) is 49.4. The average molecular weight is 708 g/mol. The van der Waals surface area contributed by atoms with Gasteiger partial charge in [0.05, 0.1) is 17.8 Å². The minimum absolute atomic E-state index is 0.0216. The fourth-order valence-electron chi connectivity index (χ4n) is 8.01. The molecule has 2 unspecified atom stereocenters. The van der Waals surface area contributed by atoms with E-state index < -0.39 is 0 Å². The van der Waals surface area contributed by atoms with Crippen molar-refractivity contribution in [2.75, 3.05) is 20.3 Å². The minimum Gasteiger partial charge on any atom is -0.379 e. The lowest BCUT2D eigenvalue weighted by Crippen LogP contribution is -2.45. The first-order valence-electron chi connectivity index (χ1n) is 22.2. The normalized spacial score (nSPS) is 15.0. The molecule has 0 fully saturated rings. The quantitative estimate of drug-likeness (QED) is 0.0660. The zero-order chi connectivity index (χ0) is 37.8. The summed E-state index contributed by atoms with van der Waals surface area (Å²) < 4.78 is 12.1. The highest BCUT2D eigenvalue weighted by atomic mass is 16.5. The lowest BCUT2D eigenvalue weighted by Gasteiger charge is -2.42. The van der Waals surface area contributed by atoms with E-state index in [2.05, 4.69) is 74.6 Å². The molecule has 0 aliphatic carbocycles. The predicted molar refractivity (Wildman–Crippen MR) is 221 cm³/mol. The van der Waals surface area contributed by atoms with Gasteiger partial charge in [-0.05, 0) is 77.6 Å². The number of unbranched alkanes of at least 4 members (excludes halogenated alkanes) is 18. The summed E-state index contributed by atoms with van der Waals surface area (Å²) in [4.78, 5) is 14.0. The third-order valence-electron chi connectivity index (χ3n) is 12.1. The smallest absolute Gasteiger partial charge is 0.225 e. The molecule has 0 aliphatic rings. The van der Waals surface area contributed by atoms with Crippen LogP contribution in [-0.4, -0.2) is 37.4 Å². The third-order valence-corrected chi connectivity index (χ3v) is 12.1. The zero-order valence-corrected chi connectivity index (χ0v) is 36.3. The molecule has 2 atom stereocenters. The topological polar surface area (TPSA) is 47.6 Å². The van der Waals surface area contributed by atoms with Gasteiger partial charge >= 0.3 is 0 Å². The second-order valence-electron chi connectivity index (χ2n) is 18.3. The Morgan fingerprint density at radius 3 is 1.36 bits per heavy atom. The number of methoxy groups -OCH3 is 1. The molecule has 0 bridgehead atoms. The molecule has 1 N–H and O–H groups in total. The maximum absolute atomic E-state index is 14.0. The number of hydrogen-bond acceptors (Lipinski definition) is 3. The summed E-state index contributed by atoms with van der Waals surface area (Å²) in [5.74, 6) is 0.862. The Labute approximate surface area is 315 Å². The van der Waals surface area contributed by atoms with Crippen molar-refractivity contribution in [3.63, 3.8) is 0 Å². The van der Waals surface area contributed by atoms with E-state index in [0.717, 1.165) is 38.6 Å². The number of carbonyl (C=O) groups excluding carboxylic acids is 1. The molecule has 0 aromatic rings. The predicted octanol–water partition coefficient (Wildman–Crippen LogP) is 14.6. The maximum Gasteiger partial charge on any atom is 0.225 e. The van der Waals surface area contributed by atoms with Crippen molar-refractivity contribution >= 4 is 5.91 Å². The Kier molecular flexibility index (Phi) is 28.5. The zero-order valence-electron chi connectivity index (χ0n) is 36.3. The maximum atomic E-state index is 14.0. The fourth-order valence-corrected chi connectivity index (χ4v) is 8.01. The molecule has 4 nitrogen and oxygen atoms in total. The third kappa shape index (κ3) is 25.4. The minimum atomic E-state index is -0.377. The van der Waals surface area contributed by atoms with E-state index in [1.54, 1.807) is 7.11 Å². The Balaban J connectivity index is 5.08. The summed E-state index contributed by atoms with van der Waals surface area (Å²) >= 11 is 0. The number of rotatable bonds is 36. The van der Waals surface area contributed by atoms with Gasteiger partial charge in [-0.2, -0.15) is 0 Å². The Bertz CT molecular complexity index is 770. The largest absolute Gasteiger partial charge is 0.379 e. The van der Waals surface area contributed by atoms with Crippen molar-refractivity contribution in [2.45, 2.75) is 254 Å². The Morgan fingerprint density at radius 2 is 0.980 bits per heavy atom. The molecule has 0 aromatic carbocycles. The van der Waals surface area contributed by atoms with Crippen molar-refractivity contribution in [3.8, 4) is 0 Å². The molecule has 1 amide bonds. The van der Waals surface area contributed by atoms with Crippen molar-refractivity contribution in [1.29, 1.82) is 0 Å². The van der Waals surface area contributed by atoms with Crippen LogP contribution in [0.4, 0.5) is 0 Å². The van der Waals surface area contributed by atoms with Crippen LogP contribution in [0.15, 0.2) is 0 Å². The molecule has 0 aliphatic heterocycles. The van der Waals surface area contributed by atoms with Gasteiger partial charge in [-0.15, -0.1) is 0 Å². The fraction of sp³-hybridized carbons (Fsp3) is 0.978. The molecule has 300 valence electrons. The Morgan fingerprint density at radius 1 is 0.560 bits per heavy atom. The van der Waals surface area contributed by atoms with Gasteiger partial charge in [0.2, 0.25) is 5.91 Å². The number of nitrogens with one attached hydrogen (secondary N) is 1. The summed E-state index contributed by atoms with van der Waals surface area (Å²) in [6, 6.07) is 0. The van der Waals surface area contributed by atoms with E-state index in [4.69, 9.17) is 9.47 Å². The van der Waals surface area contributed by atoms with Gasteiger partial charge in [0.1, 0.15) is 0 Å². The van der Waals surface area contributed by atoms with Crippen LogP contribution < -0.4 is 5.32 Å². The molecule has 0 saturated heterocycles. The molecule has 0 aromatic heterocycles. The molecular weight excluding hydrogens is 615 g/mol. The molecule has 0 spiro atoms. The second kappa shape index (κ2) is 28.8. The first-order valence-corrected chi connectivity index (χ1v) is 22.2. The van der Waals surface area contributed by atoms with E-state index in [-0.39, 0.29) is 27.9 Å². The summed E-state index contributed by atoms with van der Waals surface area (Å²) in [5.41, 5.74) is -0.789. The van der Waals surface area contributed by atoms with Crippen LogP contribution >= 0.6 is 0 Å². The summed E-state index contributed by atoms with van der Waals surface area (Å²) in [6.07, 6.45) is 34.7. The van der Waals surface area contributed by atoms with E-state index in [0.29, 0.717) is 12.5 Å². The number of carbonyl (C=O) groups is 1. The van der Waals surface area contributed by atoms with E-state index in [1.165, 1.54) is 141 Å². The number of ether oxygens (including phenoxy) is 2. The van der Waals surface area contributed by atoms with Crippen LogP contribution in [0.1, 0.15) is 243 Å². The van der Waals surface area contributed by atoms with Crippen LogP contribution in [0.2, 0.25) is 0 Å². The molecule has 0 saturated carbocycles. The van der Waals surface area contributed by atoms with Crippen molar-refractivity contribution in [2.24, 2.45) is 16.7 Å². The van der Waals surface area contributed by atoms with Gasteiger partial charge in [-0.25, -0.2) is 0 Å². The monoisotopic (exact) mass is 708 g/mol. The van der Waals surface area contributed by atoms with Crippen LogP contribution in [0, 0.1) is 16.7 Å². The lowest BCUT2D eigenvalue weighted by molar-refractivity contribution is -0.134. The number of hydrogen-bond donors (Lipinski definition) is 1. The van der Waals surface area contributed by atoms with Crippen LogP contribution in [-0.2, 0) is 14.3 Å². The highest BCUT2D eigenvalue weighted by Gasteiger charge is 2.41. The van der Waals surface area contributed by atoms with Crippen LogP contribution in [0.25, 0.3) is 0 Å². The van der Waals surface area contributed by atoms with Crippen molar-refractivity contribution in [1.82, 2.24) is 5.32 Å². The summed E-state index contributed by atoms with van der Waals surface area (Å²) in [7, 11) is 1.77. The summed E-state index contributed by atoms with van der Waals surface area (Å²) in [6.45, 7) is 23.9. The lowest BCUT2D eigenvalue weighted by atomic mass is 9.66. The van der Waals surface area contributed by atoms with E-state index >= 15 is 0 Å². The highest BCUT2D eigenvalue weighted by molar-refractivity contribution is 5.82. The molecule has 50 heavy (non-hydrogen) atoms. The van der Waals surface area contributed by atoms with Gasteiger partial charge in [0.15, 0.2) is 0 Å². The van der Waals surface area contributed by atoms with Gasteiger partial charge in [-0.3, -0.25) is 4.79 Å². The summed E-state index contributed by atoms with van der Waals surface area (Å²) in [5, 5.41) is 3.53. The Hall–Kier alpha value is -0.610. The molecule has 0 heterocycles. The van der Waals surface area contributed by atoms with Crippen molar-refractivity contribution in [3.05, 3.63) is 0 Å². The first-order chi connectivity index (χ1) is 23.7. The molecule has 4 heteroatoms. The average Bonchev–Trinajstić information content (AvgIpc) is 3.07. The molecule has 0 radical (unpaired) electrons. The van der Waals surface area contributed by atoms with E-state index in [9.17, 15) is 4.79 Å². The number of amides is 1. The standard InChI is InChI=1S/C46H93NO3/c1-12-16-18-20-22-24-26-28-30-32-34-41(35-33-31-29-27-25-23-21-19-17-13-2)38-47-42(48)46(10,15-4)40-45(9,14-3)39-44(7,8)50-37-36-43(5,6)49-11/h41H,12-40H2,1-11H3,(H,47,48). The van der Waals surface area contributed by atoms with Gasteiger partial charge in [0.25, 0.3) is 0 Å². The van der Waals surface area contributed by atoms with Gasteiger partial charge in [0, 0.05) is 19.1 Å². The highest BCUT2D eigenvalue weighted by Crippen LogP contribution is 2.45. The van der Waals surface area contributed by atoms with Crippen LogP contribution in [0.3, 0.4) is 0 Å². The van der Waals surface area contributed by atoms with Gasteiger partial charge in [-0.1, -0.05) is 176 Å². The van der Waals surface area contributed by atoms with E-state index in [1.807, 2.05) is 0 Å². The second-order valence-corrected chi connectivity index (χ2v) is 18.3. The van der Waals surface area contributed by atoms with Crippen LogP contribution in [0.5, 0.6) is 0 Å². The molecule has 0 rings (SSSR count). The van der Waals surface area contributed by atoms with Crippen molar-refractivity contribution < 1.29 is 14.3 Å². The molecular formula is C46H93NO3. The SMILES string of the molecule is CCCCCCCCCCCCC(CCCCCCCCCCCC)CNC(=O)C(C)(CC)CC(C)(CC)CC(C)(C)OCCC(C)(C)OC.